The second kappa shape index (κ2) is 8.57. The van der Waals surface area contributed by atoms with Crippen LogP contribution in [-0.2, 0) is 9.53 Å². The number of esters is 2. The minimum Gasteiger partial charge on any atom is -0.480 e. The van der Waals surface area contributed by atoms with Crippen molar-refractivity contribution in [2.45, 2.75) is 6.92 Å². The lowest BCUT2D eigenvalue weighted by molar-refractivity contribution is -0.136. The quantitative estimate of drug-likeness (QED) is 0.565. The van der Waals surface area contributed by atoms with Crippen LogP contribution >= 0.6 is 23.2 Å². The van der Waals surface area contributed by atoms with E-state index in [-0.39, 0.29) is 19.0 Å². The Hall–Kier alpha value is -2.24. The number of hydrogen-bond donors (Lipinski definition) is 0. The molecule has 24 heavy (non-hydrogen) atoms. The Kier molecular flexibility index (Phi) is 6.46. The van der Waals surface area contributed by atoms with Gasteiger partial charge in [0.2, 0.25) is 0 Å². The van der Waals surface area contributed by atoms with Gasteiger partial charge in [0.25, 0.3) is 0 Å². The van der Waals surface area contributed by atoms with Gasteiger partial charge in [0.15, 0.2) is 6.61 Å². The smallest absolute Gasteiger partial charge is 0.349 e. The van der Waals surface area contributed by atoms with E-state index < -0.39 is 11.9 Å². The van der Waals surface area contributed by atoms with E-state index in [2.05, 4.69) is 0 Å². The van der Waals surface area contributed by atoms with Gasteiger partial charge in [-0.25, -0.2) is 9.59 Å². The first-order chi connectivity index (χ1) is 11.5. The summed E-state index contributed by atoms with van der Waals surface area (Å²) in [6.07, 6.45) is 0. The van der Waals surface area contributed by atoms with Crippen LogP contribution in [0.1, 0.15) is 17.3 Å². The van der Waals surface area contributed by atoms with E-state index in [0.29, 0.717) is 21.4 Å². The summed E-state index contributed by atoms with van der Waals surface area (Å²) in [5.74, 6) is -0.587. The fourth-order valence-corrected chi connectivity index (χ4v) is 2.25. The highest BCUT2D eigenvalue weighted by Gasteiger charge is 2.11. The Morgan fingerprint density at radius 2 is 1.88 bits per heavy atom. The van der Waals surface area contributed by atoms with Gasteiger partial charge in [-0.15, -0.1) is 0 Å². The summed E-state index contributed by atoms with van der Waals surface area (Å²) in [5, 5.41) is 0.755. The predicted molar refractivity (Wildman–Crippen MR) is 90.0 cm³/mol. The molecule has 0 aliphatic rings. The molecule has 0 unspecified atom stereocenters. The highest BCUT2D eigenvalue weighted by Crippen LogP contribution is 2.27. The first-order valence-electron chi connectivity index (χ1n) is 7.05. The Labute approximate surface area is 149 Å². The summed E-state index contributed by atoms with van der Waals surface area (Å²) in [4.78, 5) is 23.5. The second-order valence-corrected chi connectivity index (χ2v) is 5.43. The number of carbonyl (C=O) groups excluding carboxylic acids is 2. The van der Waals surface area contributed by atoms with Gasteiger partial charge >= 0.3 is 11.9 Å². The molecule has 2 rings (SSSR count). The van der Waals surface area contributed by atoms with Gasteiger partial charge in [-0.05, 0) is 43.3 Å². The molecule has 0 heterocycles. The third-order valence-electron chi connectivity index (χ3n) is 2.82. The summed E-state index contributed by atoms with van der Waals surface area (Å²) >= 11 is 11.7. The molecule has 0 N–H and O–H groups in total. The molecular formula is C17H14Cl2O5. The van der Waals surface area contributed by atoms with Crippen molar-refractivity contribution in [2.24, 2.45) is 0 Å². The summed E-state index contributed by atoms with van der Waals surface area (Å²) in [6, 6.07) is 10.8. The van der Waals surface area contributed by atoms with Crippen molar-refractivity contribution in [2.75, 3.05) is 13.2 Å². The lowest BCUT2D eigenvalue weighted by Gasteiger charge is -2.09. The van der Waals surface area contributed by atoms with Crippen LogP contribution in [0.5, 0.6) is 11.5 Å². The number of rotatable bonds is 6. The zero-order valence-corrected chi connectivity index (χ0v) is 14.3. The van der Waals surface area contributed by atoms with Crippen molar-refractivity contribution in [3.8, 4) is 11.5 Å². The van der Waals surface area contributed by atoms with Crippen LogP contribution in [0.2, 0.25) is 10.0 Å². The Balaban J connectivity index is 1.95. The largest absolute Gasteiger partial charge is 0.480 e. The van der Waals surface area contributed by atoms with Crippen LogP contribution < -0.4 is 9.47 Å². The SMILES string of the molecule is CCOC(=O)c1cccc(OC(=O)COc2ccc(Cl)cc2Cl)c1. The molecule has 0 aliphatic carbocycles. The van der Waals surface area contributed by atoms with Crippen LogP contribution in [0.4, 0.5) is 0 Å². The topological polar surface area (TPSA) is 61.8 Å². The molecule has 0 saturated heterocycles. The van der Waals surface area contributed by atoms with Crippen molar-refractivity contribution in [3.63, 3.8) is 0 Å². The minimum absolute atomic E-state index is 0.219. The average Bonchev–Trinajstić information content (AvgIpc) is 2.54. The van der Waals surface area contributed by atoms with Gasteiger partial charge in [-0.3, -0.25) is 0 Å². The molecular weight excluding hydrogens is 355 g/mol. The molecule has 0 bridgehead atoms. The van der Waals surface area contributed by atoms with E-state index in [0.717, 1.165) is 0 Å². The van der Waals surface area contributed by atoms with Crippen molar-refractivity contribution in [1.82, 2.24) is 0 Å². The number of benzene rings is 2. The van der Waals surface area contributed by atoms with Crippen LogP contribution in [0, 0.1) is 0 Å². The van der Waals surface area contributed by atoms with Crippen molar-refractivity contribution in [3.05, 3.63) is 58.1 Å². The van der Waals surface area contributed by atoms with Gasteiger partial charge < -0.3 is 14.2 Å². The maximum Gasteiger partial charge on any atom is 0.349 e. The van der Waals surface area contributed by atoms with Crippen molar-refractivity contribution in [1.29, 1.82) is 0 Å². The third kappa shape index (κ3) is 5.15. The van der Waals surface area contributed by atoms with Gasteiger partial charge in [0.05, 0.1) is 17.2 Å². The zero-order valence-electron chi connectivity index (χ0n) is 12.8. The Morgan fingerprint density at radius 3 is 2.58 bits per heavy atom. The molecule has 0 fully saturated rings. The van der Waals surface area contributed by atoms with Gasteiger partial charge in [0, 0.05) is 5.02 Å². The van der Waals surface area contributed by atoms with Gasteiger partial charge in [-0.2, -0.15) is 0 Å². The monoisotopic (exact) mass is 368 g/mol. The van der Waals surface area contributed by atoms with E-state index in [1.165, 1.54) is 12.1 Å². The normalized spacial score (nSPS) is 10.1. The van der Waals surface area contributed by atoms with E-state index in [1.54, 1.807) is 37.3 Å². The standard InChI is InChI=1S/C17H14Cl2O5/c1-2-22-17(21)11-4-3-5-13(8-11)24-16(20)10-23-15-7-6-12(18)9-14(15)19/h3-9H,2,10H2,1H3. The van der Waals surface area contributed by atoms with E-state index in [1.807, 2.05) is 0 Å². The van der Waals surface area contributed by atoms with Gasteiger partial charge in [0.1, 0.15) is 11.5 Å². The number of hydrogen-bond acceptors (Lipinski definition) is 5. The number of ether oxygens (including phenoxy) is 3. The number of carbonyl (C=O) groups is 2. The molecule has 7 heteroatoms. The highest BCUT2D eigenvalue weighted by atomic mass is 35.5. The molecule has 0 atom stereocenters. The fourth-order valence-electron chi connectivity index (χ4n) is 1.79. The van der Waals surface area contributed by atoms with E-state index >= 15 is 0 Å². The second-order valence-electron chi connectivity index (χ2n) is 4.59. The lowest BCUT2D eigenvalue weighted by Crippen LogP contribution is -2.18. The molecule has 0 spiro atoms. The highest BCUT2D eigenvalue weighted by molar-refractivity contribution is 6.35. The van der Waals surface area contributed by atoms with Crippen molar-refractivity contribution >= 4 is 35.1 Å². The molecule has 126 valence electrons. The van der Waals surface area contributed by atoms with Crippen LogP contribution in [0.25, 0.3) is 0 Å². The fraction of sp³-hybridized carbons (Fsp3) is 0.176. The zero-order chi connectivity index (χ0) is 17.5. The van der Waals surface area contributed by atoms with Crippen LogP contribution in [0.3, 0.4) is 0 Å². The molecule has 2 aromatic carbocycles. The molecule has 0 aromatic heterocycles. The summed E-state index contributed by atoms with van der Waals surface area (Å²) in [6.45, 7) is 1.63. The minimum atomic E-state index is -0.637. The van der Waals surface area contributed by atoms with E-state index in [9.17, 15) is 9.59 Å². The predicted octanol–water partition coefficient (Wildman–Crippen LogP) is 4.15. The third-order valence-corrected chi connectivity index (χ3v) is 3.35. The van der Waals surface area contributed by atoms with Crippen LogP contribution in [-0.4, -0.2) is 25.2 Å². The summed E-state index contributed by atoms with van der Waals surface area (Å²) in [5.41, 5.74) is 0.295. The number of halogens is 2. The average molecular weight is 369 g/mol. The molecule has 0 aliphatic heterocycles. The van der Waals surface area contributed by atoms with E-state index in [4.69, 9.17) is 37.4 Å². The molecule has 5 nitrogen and oxygen atoms in total. The molecule has 0 radical (unpaired) electrons. The molecule has 2 aromatic rings. The Morgan fingerprint density at radius 1 is 1.08 bits per heavy atom. The first-order valence-corrected chi connectivity index (χ1v) is 7.81. The Bertz CT molecular complexity index is 746. The molecule has 0 amide bonds. The van der Waals surface area contributed by atoms with Crippen LogP contribution in [0.15, 0.2) is 42.5 Å². The lowest BCUT2D eigenvalue weighted by atomic mass is 10.2. The van der Waals surface area contributed by atoms with Crippen molar-refractivity contribution < 1.29 is 23.8 Å². The first kappa shape index (κ1) is 18.1. The summed E-state index contributed by atoms with van der Waals surface area (Å²) < 4.78 is 15.3. The molecule has 0 saturated carbocycles. The summed E-state index contributed by atoms with van der Waals surface area (Å²) in [7, 11) is 0. The van der Waals surface area contributed by atoms with Gasteiger partial charge in [-0.1, -0.05) is 29.3 Å². The maximum absolute atomic E-state index is 11.8. The maximum atomic E-state index is 11.8.